The molecule has 6 heteroatoms. The topological polar surface area (TPSA) is 93.1 Å². The lowest BCUT2D eigenvalue weighted by Gasteiger charge is -2.15. The fourth-order valence-corrected chi connectivity index (χ4v) is 5.13. The zero-order valence-electron chi connectivity index (χ0n) is 31.3. The van der Waals surface area contributed by atoms with Crippen LogP contribution in [0.25, 0.3) is 0 Å². The van der Waals surface area contributed by atoms with Crippen LogP contribution in [-0.4, -0.2) is 47.6 Å². The summed E-state index contributed by atoms with van der Waals surface area (Å²) in [7, 11) is 0. The summed E-state index contributed by atoms with van der Waals surface area (Å²) in [5.74, 6) is -0.774. The van der Waals surface area contributed by atoms with Gasteiger partial charge in [-0.3, -0.25) is 9.59 Å². The van der Waals surface area contributed by atoms with Crippen LogP contribution < -0.4 is 0 Å². The molecule has 2 N–H and O–H groups in total. The third-order valence-electron chi connectivity index (χ3n) is 8.11. The molecule has 0 aliphatic heterocycles. The van der Waals surface area contributed by atoms with E-state index in [9.17, 15) is 19.8 Å². The molecule has 0 aromatic carbocycles. The van der Waals surface area contributed by atoms with Gasteiger partial charge in [0.1, 0.15) is 6.61 Å². The molecule has 6 nitrogen and oxygen atoms in total. The van der Waals surface area contributed by atoms with E-state index in [2.05, 4.69) is 50.3 Å². The van der Waals surface area contributed by atoms with E-state index in [0.717, 1.165) is 44.9 Å². The number of allylic oxidation sites excluding steroid dienone is 10. The minimum atomic E-state index is -0.855. The molecule has 0 aromatic rings. The quantitative estimate of drug-likeness (QED) is 0.0303. The number of ether oxygens (including phenoxy) is 2. The molecule has 0 saturated heterocycles. The Kier molecular flexibility index (Phi) is 36.0. The minimum absolute atomic E-state index is 0.131. The molecular formula is C43H72O6. The van der Waals surface area contributed by atoms with Crippen LogP contribution in [0.2, 0.25) is 0 Å². The highest BCUT2D eigenvalue weighted by molar-refractivity contribution is 5.70. The van der Waals surface area contributed by atoms with Crippen LogP contribution in [0.15, 0.2) is 72.9 Å². The van der Waals surface area contributed by atoms with Gasteiger partial charge in [0, 0.05) is 12.8 Å². The average molecular weight is 685 g/mol. The van der Waals surface area contributed by atoms with Gasteiger partial charge in [-0.25, -0.2) is 0 Å². The summed E-state index contributed by atoms with van der Waals surface area (Å²) in [6, 6.07) is 0. The zero-order chi connectivity index (χ0) is 35.9. The summed E-state index contributed by atoms with van der Waals surface area (Å²) in [4.78, 5) is 24.2. The fourth-order valence-electron chi connectivity index (χ4n) is 5.13. The highest BCUT2D eigenvalue weighted by Crippen LogP contribution is 2.14. The van der Waals surface area contributed by atoms with Gasteiger partial charge in [-0.1, -0.05) is 177 Å². The van der Waals surface area contributed by atoms with Crippen molar-refractivity contribution in [3.05, 3.63) is 72.9 Å². The first-order valence-corrected chi connectivity index (χ1v) is 19.6. The third kappa shape index (κ3) is 36.4. The summed E-state index contributed by atoms with van der Waals surface area (Å²) in [6.07, 6.45) is 47.0. The van der Waals surface area contributed by atoms with Gasteiger partial charge in [-0.2, -0.15) is 0 Å². The number of rotatable bonds is 34. The van der Waals surface area contributed by atoms with E-state index in [1.165, 1.54) is 77.0 Å². The Morgan fingerprint density at radius 1 is 0.592 bits per heavy atom. The summed E-state index contributed by atoms with van der Waals surface area (Å²) in [6.45, 7) is 3.87. The SMILES string of the molecule is CC/C=C\C/C=C\C/C=C\C/C=C\C=C/C(O)C/C=C\CCC(=O)O[C@@H](CO)COC(=O)CCCCCCCCCCCCCCCCC. The first-order valence-electron chi connectivity index (χ1n) is 19.6. The summed E-state index contributed by atoms with van der Waals surface area (Å²) < 4.78 is 10.5. The molecule has 280 valence electrons. The van der Waals surface area contributed by atoms with Crippen LogP contribution in [0.3, 0.4) is 0 Å². The number of aliphatic hydroxyl groups is 2. The summed E-state index contributed by atoms with van der Waals surface area (Å²) in [5.41, 5.74) is 0. The molecule has 0 spiro atoms. The van der Waals surface area contributed by atoms with Crippen molar-refractivity contribution in [1.82, 2.24) is 0 Å². The second kappa shape index (κ2) is 38.1. The van der Waals surface area contributed by atoms with Crippen LogP contribution in [-0.2, 0) is 19.1 Å². The predicted molar refractivity (Wildman–Crippen MR) is 206 cm³/mol. The number of hydrogen-bond acceptors (Lipinski definition) is 6. The highest BCUT2D eigenvalue weighted by atomic mass is 16.6. The minimum Gasteiger partial charge on any atom is -0.462 e. The number of hydrogen-bond donors (Lipinski definition) is 2. The standard InChI is InChI=1S/C43H72O6/c1-3-5-7-9-11-13-15-17-18-20-22-24-26-28-32-36-42(46)48-39-41(38-44)49-43(47)37-33-29-31-35-40(45)34-30-27-25-23-21-19-16-14-12-10-8-6-4-2/h6,8,12,14,19,21,25,27,29-31,34,40-41,44-45H,3-5,7,9-11,13,15-18,20,22-24,26,28,32-33,35-39H2,1-2H3/b8-6-,14-12-,21-19-,27-25-,31-29-,34-30-/t40?,41-/m0/s1. The van der Waals surface area contributed by atoms with Crippen LogP contribution in [0.4, 0.5) is 0 Å². The molecule has 0 rings (SSSR count). The fraction of sp³-hybridized carbons (Fsp3) is 0.674. The van der Waals surface area contributed by atoms with E-state index < -0.39 is 24.8 Å². The first-order chi connectivity index (χ1) is 24.0. The second-order valence-electron chi connectivity index (χ2n) is 12.8. The van der Waals surface area contributed by atoms with E-state index in [0.29, 0.717) is 19.3 Å². The number of esters is 2. The van der Waals surface area contributed by atoms with E-state index in [4.69, 9.17) is 9.47 Å². The van der Waals surface area contributed by atoms with E-state index in [1.54, 1.807) is 6.08 Å². The van der Waals surface area contributed by atoms with Gasteiger partial charge in [0.15, 0.2) is 6.10 Å². The molecular weight excluding hydrogens is 612 g/mol. The van der Waals surface area contributed by atoms with Crippen LogP contribution in [0.5, 0.6) is 0 Å². The Hall–Kier alpha value is -2.70. The smallest absolute Gasteiger partial charge is 0.306 e. The van der Waals surface area contributed by atoms with Crippen molar-refractivity contribution < 1.29 is 29.3 Å². The lowest BCUT2D eigenvalue weighted by Crippen LogP contribution is -2.28. The van der Waals surface area contributed by atoms with Crippen molar-refractivity contribution in [3.63, 3.8) is 0 Å². The maximum Gasteiger partial charge on any atom is 0.306 e. The van der Waals surface area contributed by atoms with E-state index in [-0.39, 0.29) is 19.0 Å². The Morgan fingerprint density at radius 3 is 1.67 bits per heavy atom. The molecule has 0 aromatic heterocycles. The molecule has 0 bridgehead atoms. The van der Waals surface area contributed by atoms with Gasteiger partial charge in [-0.15, -0.1) is 0 Å². The number of aliphatic hydroxyl groups excluding tert-OH is 2. The van der Waals surface area contributed by atoms with Gasteiger partial charge in [-0.05, 0) is 44.9 Å². The molecule has 0 radical (unpaired) electrons. The van der Waals surface area contributed by atoms with Crippen LogP contribution in [0.1, 0.15) is 162 Å². The van der Waals surface area contributed by atoms with Crippen molar-refractivity contribution in [2.24, 2.45) is 0 Å². The lowest BCUT2D eigenvalue weighted by molar-refractivity contribution is -0.161. The van der Waals surface area contributed by atoms with Gasteiger partial charge in [0.25, 0.3) is 0 Å². The zero-order valence-corrected chi connectivity index (χ0v) is 31.3. The molecule has 49 heavy (non-hydrogen) atoms. The van der Waals surface area contributed by atoms with Crippen LogP contribution >= 0.6 is 0 Å². The Labute approximate surface area is 300 Å². The molecule has 1 unspecified atom stereocenters. The van der Waals surface area contributed by atoms with Crippen molar-refractivity contribution >= 4 is 11.9 Å². The monoisotopic (exact) mass is 685 g/mol. The number of unbranched alkanes of at least 4 members (excludes halogenated alkanes) is 14. The average Bonchev–Trinajstić information content (AvgIpc) is 3.10. The maximum absolute atomic E-state index is 12.1. The first kappa shape index (κ1) is 46.3. The van der Waals surface area contributed by atoms with E-state index >= 15 is 0 Å². The van der Waals surface area contributed by atoms with Gasteiger partial charge in [0.2, 0.25) is 0 Å². The molecule has 0 fully saturated rings. The largest absolute Gasteiger partial charge is 0.462 e. The lowest BCUT2D eigenvalue weighted by atomic mass is 10.0. The third-order valence-corrected chi connectivity index (χ3v) is 8.11. The van der Waals surface area contributed by atoms with Crippen molar-refractivity contribution in [1.29, 1.82) is 0 Å². The van der Waals surface area contributed by atoms with Crippen molar-refractivity contribution in [3.8, 4) is 0 Å². The molecule has 0 heterocycles. The Balaban J connectivity index is 3.80. The maximum atomic E-state index is 12.1. The molecule has 0 aliphatic rings. The second-order valence-corrected chi connectivity index (χ2v) is 12.8. The van der Waals surface area contributed by atoms with Gasteiger partial charge in [0.05, 0.1) is 12.7 Å². The Bertz CT molecular complexity index is 929. The van der Waals surface area contributed by atoms with Gasteiger partial charge < -0.3 is 19.7 Å². The van der Waals surface area contributed by atoms with Crippen molar-refractivity contribution in [2.75, 3.05) is 13.2 Å². The highest BCUT2D eigenvalue weighted by Gasteiger charge is 2.15. The molecule has 0 amide bonds. The summed E-state index contributed by atoms with van der Waals surface area (Å²) >= 11 is 0. The normalized spacial score (nSPS) is 13.6. The number of carbonyl (C=O) groups is 2. The predicted octanol–water partition coefficient (Wildman–Crippen LogP) is 11.1. The summed E-state index contributed by atoms with van der Waals surface area (Å²) in [5, 5.41) is 19.6. The molecule has 0 saturated carbocycles. The Morgan fingerprint density at radius 2 is 1.12 bits per heavy atom. The van der Waals surface area contributed by atoms with E-state index in [1.807, 2.05) is 30.4 Å². The molecule has 2 atom stereocenters. The van der Waals surface area contributed by atoms with Crippen molar-refractivity contribution in [2.45, 2.75) is 174 Å². The van der Waals surface area contributed by atoms with Gasteiger partial charge >= 0.3 is 11.9 Å². The number of carbonyl (C=O) groups excluding carboxylic acids is 2. The van der Waals surface area contributed by atoms with Crippen LogP contribution in [0, 0.1) is 0 Å². The molecule has 0 aliphatic carbocycles.